The summed E-state index contributed by atoms with van der Waals surface area (Å²) in [5.74, 6) is -0.105. The Morgan fingerprint density at radius 2 is 1.86 bits per heavy atom. The number of carboxylic acids is 1. The van der Waals surface area contributed by atoms with Gasteiger partial charge in [-0.3, -0.25) is 0 Å². The molecule has 1 aromatic heterocycles. The number of nitrogens with zero attached hydrogens (tertiary/aromatic N) is 3. The van der Waals surface area contributed by atoms with Gasteiger partial charge in [0.25, 0.3) is 0 Å². The van der Waals surface area contributed by atoms with Crippen molar-refractivity contribution in [1.82, 2.24) is 9.88 Å². The summed E-state index contributed by atoms with van der Waals surface area (Å²) in [6, 6.07) is 3.38. The lowest BCUT2D eigenvalue weighted by Gasteiger charge is -2.35. The van der Waals surface area contributed by atoms with Gasteiger partial charge in [0.15, 0.2) is 0 Å². The predicted octanol–water partition coefficient (Wildman–Crippen LogP) is 2.22. The minimum Gasteiger partial charge on any atom is -0.478 e. The number of pyridine rings is 1. The molecule has 1 N–H and O–H groups in total. The Morgan fingerprint density at radius 3 is 2.33 bits per heavy atom. The van der Waals surface area contributed by atoms with Crippen molar-refractivity contribution in [1.29, 1.82) is 0 Å². The maximum atomic E-state index is 11.4. The van der Waals surface area contributed by atoms with Gasteiger partial charge in [0.1, 0.15) is 5.82 Å². The molecule has 1 fully saturated rings. The van der Waals surface area contributed by atoms with E-state index >= 15 is 0 Å². The lowest BCUT2D eigenvalue weighted by molar-refractivity contribution is 0.0696. The van der Waals surface area contributed by atoms with Gasteiger partial charge >= 0.3 is 5.97 Å². The monoisotopic (exact) mass is 291 g/mol. The predicted molar refractivity (Wildman–Crippen MR) is 84.2 cm³/mol. The molecule has 1 aliphatic heterocycles. The fourth-order valence-electron chi connectivity index (χ4n) is 2.48. The number of anilines is 1. The first-order valence-electron chi connectivity index (χ1n) is 7.54. The molecule has 5 nitrogen and oxygen atoms in total. The smallest absolute Gasteiger partial charge is 0.335 e. The zero-order valence-electron chi connectivity index (χ0n) is 13.4. The van der Waals surface area contributed by atoms with E-state index in [1.807, 2.05) is 0 Å². The molecular weight excluding hydrogens is 266 g/mol. The molecule has 0 spiro atoms. The van der Waals surface area contributed by atoms with Crippen molar-refractivity contribution in [2.24, 2.45) is 0 Å². The molecule has 1 aromatic rings. The summed E-state index contributed by atoms with van der Waals surface area (Å²) in [4.78, 5) is 20.6. The van der Waals surface area contributed by atoms with Crippen LogP contribution in [0.4, 0.5) is 5.82 Å². The van der Waals surface area contributed by atoms with Crippen molar-refractivity contribution in [2.45, 2.75) is 33.1 Å². The molecule has 116 valence electrons. The van der Waals surface area contributed by atoms with Gasteiger partial charge in [-0.25, -0.2) is 9.78 Å². The molecule has 0 atom stereocenters. The SMILES string of the molecule is CCN1CCN(c2cc(C(=O)O)cc(C(C)(C)C)n2)CC1. The number of carbonyl (C=O) groups is 1. The van der Waals surface area contributed by atoms with Crippen molar-refractivity contribution >= 4 is 11.8 Å². The number of aromatic carboxylic acids is 1. The maximum Gasteiger partial charge on any atom is 0.335 e. The highest BCUT2D eigenvalue weighted by Crippen LogP contribution is 2.25. The van der Waals surface area contributed by atoms with E-state index in [1.54, 1.807) is 12.1 Å². The van der Waals surface area contributed by atoms with E-state index in [0.717, 1.165) is 44.2 Å². The minimum atomic E-state index is -0.892. The second-order valence-electron chi connectivity index (χ2n) is 6.58. The van der Waals surface area contributed by atoms with Gasteiger partial charge in [0.2, 0.25) is 0 Å². The van der Waals surface area contributed by atoms with Crippen molar-refractivity contribution in [3.05, 3.63) is 23.4 Å². The molecule has 5 heteroatoms. The van der Waals surface area contributed by atoms with Crippen molar-refractivity contribution in [2.75, 3.05) is 37.6 Å². The van der Waals surface area contributed by atoms with Crippen LogP contribution < -0.4 is 4.90 Å². The summed E-state index contributed by atoms with van der Waals surface area (Å²) in [6.45, 7) is 13.2. The number of carboxylic acid groups (broad SMARTS) is 1. The third kappa shape index (κ3) is 3.73. The van der Waals surface area contributed by atoms with Gasteiger partial charge in [0, 0.05) is 37.3 Å². The van der Waals surface area contributed by atoms with Crippen LogP contribution in [0.1, 0.15) is 43.7 Å². The highest BCUT2D eigenvalue weighted by Gasteiger charge is 2.23. The Balaban J connectivity index is 2.31. The van der Waals surface area contributed by atoms with Crippen LogP contribution in [-0.4, -0.2) is 53.7 Å². The van der Waals surface area contributed by atoms with Crippen LogP contribution in [0.3, 0.4) is 0 Å². The zero-order valence-corrected chi connectivity index (χ0v) is 13.4. The van der Waals surface area contributed by atoms with Crippen molar-refractivity contribution < 1.29 is 9.90 Å². The molecule has 0 unspecified atom stereocenters. The second-order valence-corrected chi connectivity index (χ2v) is 6.58. The van der Waals surface area contributed by atoms with E-state index in [0.29, 0.717) is 5.56 Å². The summed E-state index contributed by atoms with van der Waals surface area (Å²) in [6.07, 6.45) is 0. The standard InChI is InChI=1S/C16H25N3O2/c1-5-18-6-8-19(9-7-18)14-11-12(15(20)21)10-13(17-14)16(2,3)4/h10-11H,5-9H2,1-4H3,(H,20,21). The summed E-state index contributed by atoms with van der Waals surface area (Å²) in [7, 11) is 0. The van der Waals surface area contributed by atoms with Gasteiger partial charge < -0.3 is 14.9 Å². The highest BCUT2D eigenvalue weighted by atomic mass is 16.4. The first kappa shape index (κ1) is 15.8. The first-order chi connectivity index (χ1) is 9.81. The van der Waals surface area contributed by atoms with Gasteiger partial charge in [-0.15, -0.1) is 0 Å². The maximum absolute atomic E-state index is 11.4. The Morgan fingerprint density at radius 1 is 1.24 bits per heavy atom. The van der Waals surface area contributed by atoms with Crippen LogP contribution in [0, 0.1) is 0 Å². The van der Waals surface area contributed by atoms with E-state index in [2.05, 4.69) is 37.5 Å². The average molecular weight is 291 g/mol. The Bertz CT molecular complexity index is 515. The fraction of sp³-hybridized carbons (Fsp3) is 0.625. The lowest BCUT2D eigenvalue weighted by Crippen LogP contribution is -2.46. The Labute approximate surface area is 126 Å². The molecule has 0 saturated carbocycles. The number of hydrogen-bond acceptors (Lipinski definition) is 4. The number of piperazine rings is 1. The van der Waals surface area contributed by atoms with Gasteiger partial charge in [0.05, 0.1) is 5.56 Å². The summed E-state index contributed by atoms with van der Waals surface area (Å²) >= 11 is 0. The molecule has 0 amide bonds. The average Bonchev–Trinajstić information content (AvgIpc) is 2.46. The number of hydrogen-bond donors (Lipinski definition) is 1. The third-order valence-electron chi connectivity index (χ3n) is 3.97. The molecular formula is C16H25N3O2. The molecule has 2 heterocycles. The Hall–Kier alpha value is -1.62. The topological polar surface area (TPSA) is 56.7 Å². The van der Waals surface area contributed by atoms with E-state index in [9.17, 15) is 9.90 Å². The number of likely N-dealkylation sites (N-methyl/N-ethyl adjacent to an activating group) is 1. The van der Waals surface area contributed by atoms with Crippen LogP contribution in [0.5, 0.6) is 0 Å². The summed E-state index contributed by atoms with van der Waals surface area (Å²) < 4.78 is 0. The fourth-order valence-corrected chi connectivity index (χ4v) is 2.48. The molecule has 1 aliphatic rings. The molecule has 21 heavy (non-hydrogen) atoms. The van der Waals surface area contributed by atoms with Gasteiger partial charge in [-0.2, -0.15) is 0 Å². The number of aromatic nitrogens is 1. The van der Waals surface area contributed by atoms with E-state index in [1.165, 1.54) is 0 Å². The van der Waals surface area contributed by atoms with E-state index in [4.69, 9.17) is 4.98 Å². The highest BCUT2D eigenvalue weighted by molar-refractivity contribution is 5.88. The van der Waals surface area contributed by atoms with Crippen LogP contribution in [-0.2, 0) is 5.41 Å². The van der Waals surface area contributed by atoms with Gasteiger partial charge in [-0.1, -0.05) is 27.7 Å². The second kappa shape index (κ2) is 6.02. The first-order valence-corrected chi connectivity index (χ1v) is 7.54. The van der Waals surface area contributed by atoms with Crippen LogP contribution in [0.25, 0.3) is 0 Å². The lowest BCUT2D eigenvalue weighted by atomic mass is 9.90. The van der Waals surface area contributed by atoms with Crippen molar-refractivity contribution in [3.63, 3.8) is 0 Å². The Kier molecular flexibility index (Phi) is 4.52. The van der Waals surface area contributed by atoms with Crippen LogP contribution >= 0.6 is 0 Å². The van der Waals surface area contributed by atoms with Gasteiger partial charge in [-0.05, 0) is 18.7 Å². The molecule has 0 aliphatic carbocycles. The normalized spacial score (nSPS) is 17.0. The zero-order chi connectivity index (χ0) is 15.6. The molecule has 0 bridgehead atoms. The number of rotatable bonds is 3. The largest absolute Gasteiger partial charge is 0.478 e. The molecule has 2 rings (SSSR count). The molecule has 1 saturated heterocycles. The van der Waals surface area contributed by atoms with Crippen LogP contribution in [0.15, 0.2) is 12.1 Å². The minimum absolute atomic E-state index is 0.161. The molecule has 0 aromatic carbocycles. The molecule has 0 radical (unpaired) electrons. The summed E-state index contributed by atoms with van der Waals surface area (Å²) in [5, 5.41) is 9.32. The van der Waals surface area contributed by atoms with E-state index in [-0.39, 0.29) is 5.41 Å². The van der Waals surface area contributed by atoms with Crippen molar-refractivity contribution in [3.8, 4) is 0 Å². The summed E-state index contributed by atoms with van der Waals surface area (Å²) in [5.41, 5.74) is 0.990. The quantitative estimate of drug-likeness (QED) is 0.925. The van der Waals surface area contributed by atoms with E-state index < -0.39 is 5.97 Å². The van der Waals surface area contributed by atoms with Crippen LogP contribution in [0.2, 0.25) is 0 Å². The third-order valence-corrected chi connectivity index (χ3v) is 3.97.